The van der Waals surface area contributed by atoms with Crippen molar-refractivity contribution in [2.75, 3.05) is 18.5 Å². The third-order valence-corrected chi connectivity index (χ3v) is 5.48. The van der Waals surface area contributed by atoms with E-state index >= 15 is 0 Å². The van der Waals surface area contributed by atoms with Crippen molar-refractivity contribution in [2.45, 2.75) is 30.8 Å². The summed E-state index contributed by atoms with van der Waals surface area (Å²) in [6.07, 6.45) is 1.69. The molecule has 2 aromatic rings. The molecule has 1 amide bonds. The second-order valence-corrected chi connectivity index (χ2v) is 7.90. The molecule has 2 N–H and O–H groups in total. The molecule has 7 nitrogen and oxygen atoms in total. The highest BCUT2D eigenvalue weighted by Gasteiger charge is 2.21. The van der Waals surface area contributed by atoms with E-state index in [-0.39, 0.29) is 23.1 Å². The molecule has 0 aliphatic carbocycles. The lowest BCUT2D eigenvalue weighted by atomic mass is 10.2. The maximum absolute atomic E-state index is 12.5. The van der Waals surface area contributed by atoms with E-state index in [2.05, 4.69) is 15.0 Å². The van der Waals surface area contributed by atoms with Crippen LogP contribution in [0.4, 0.5) is 5.82 Å². The van der Waals surface area contributed by atoms with Gasteiger partial charge in [0.05, 0.1) is 11.0 Å². The van der Waals surface area contributed by atoms with Gasteiger partial charge in [-0.1, -0.05) is 12.1 Å². The van der Waals surface area contributed by atoms with Crippen LogP contribution in [0, 0.1) is 6.92 Å². The number of anilines is 1. The summed E-state index contributed by atoms with van der Waals surface area (Å²) in [5, 5.41) is 2.67. The molecule has 1 aromatic heterocycles. The molecule has 0 saturated carbocycles. The van der Waals surface area contributed by atoms with Crippen molar-refractivity contribution < 1.29 is 17.9 Å². The first-order valence-electron chi connectivity index (χ1n) is 8.40. The number of hydrogen-bond acceptors (Lipinski definition) is 5. The van der Waals surface area contributed by atoms with Crippen molar-refractivity contribution in [1.82, 2.24) is 9.71 Å². The van der Waals surface area contributed by atoms with Gasteiger partial charge in [0.2, 0.25) is 10.0 Å². The maximum atomic E-state index is 12.5. The van der Waals surface area contributed by atoms with E-state index in [9.17, 15) is 13.2 Å². The molecule has 0 radical (unpaired) electrons. The Balaban J connectivity index is 1.71. The van der Waals surface area contributed by atoms with Gasteiger partial charge in [0, 0.05) is 24.4 Å². The van der Waals surface area contributed by atoms with E-state index in [0.29, 0.717) is 12.4 Å². The van der Waals surface area contributed by atoms with E-state index in [4.69, 9.17) is 4.74 Å². The Morgan fingerprint density at radius 1 is 1.27 bits per heavy atom. The molecule has 0 unspecified atom stereocenters. The van der Waals surface area contributed by atoms with Crippen molar-refractivity contribution in [2.24, 2.45) is 0 Å². The average Bonchev–Trinajstić information content (AvgIpc) is 3.14. The number of pyridine rings is 1. The normalized spacial score (nSPS) is 17.2. The summed E-state index contributed by atoms with van der Waals surface area (Å²) in [5.41, 5.74) is 1.02. The SMILES string of the molecule is Cc1cccc(NC(=O)c2cccc(S(=O)(=O)NC[C@H]3CCCO3)c2)n1. The first kappa shape index (κ1) is 18.5. The Morgan fingerprint density at radius 2 is 2.08 bits per heavy atom. The van der Waals surface area contributed by atoms with Gasteiger partial charge in [-0.2, -0.15) is 0 Å². The minimum absolute atomic E-state index is 0.0420. The van der Waals surface area contributed by atoms with Crippen LogP contribution in [0.3, 0.4) is 0 Å². The van der Waals surface area contributed by atoms with Gasteiger partial charge in [0.15, 0.2) is 0 Å². The predicted octanol–water partition coefficient (Wildman–Crippen LogP) is 2.10. The number of sulfonamides is 1. The fourth-order valence-corrected chi connectivity index (χ4v) is 3.81. The number of hydrogen-bond donors (Lipinski definition) is 2. The minimum Gasteiger partial charge on any atom is -0.377 e. The number of nitrogens with zero attached hydrogens (tertiary/aromatic N) is 1. The molecular weight excluding hydrogens is 354 g/mol. The Kier molecular flexibility index (Phi) is 5.65. The van der Waals surface area contributed by atoms with Crippen LogP contribution in [-0.4, -0.2) is 38.6 Å². The Morgan fingerprint density at radius 3 is 2.81 bits per heavy atom. The lowest BCUT2D eigenvalue weighted by Crippen LogP contribution is -2.32. The topological polar surface area (TPSA) is 97.4 Å². The van der Waals surface area contributed by atoms with Gasteiger partial charge in [-0.25, -0.2) is 18.1 Å². The molecule has 1 atom stereocenters. The van der Waals surface area contributed by atoms with E-state index in [0.717, 1.165) is 18.5 Å². The van der Waals surface area contributed by atoms with Gasteiger partial charge >= 0.3 is 0 Å². The molecule has 1 fully saturated rings. The van der Waals surface area contributed by atoms with Gasteiger partial charge in [-0.15, -0.1) is 0 Å². The van der Waals surface area contributed by atoms with Crippen LogP contribution in [0.25, 0.3) is 0 Å². The molecule has 26 heavy (non-hydrogen) atoms. The average molecular weight is 375 g/mol. The first-order valence-corrected chi connectivity index (χ1v) is 9.89. The van der Waals surface area contributed by atoms with Crippen molar-refractivity contribution in [3.05, 3.63) is 53.7 Å². The predicted molar refractivity (Wildman–Crippen MR) is 97.5 cm³/mol. The number of benzene rings is 1. The van der Waals surface area contributed by atoms with E-state index in [1.807, 2.05) is 13.0 Å². The van der Waals surface area contributed by atoms with Crippen LogP contribution in [0.1, 0.15) is 28.9 Å². The van der Waals surface area contributed by atoms with Gasteiger partial charge in [-0.05, 0) is 50.1 Å². The summed E-state index contributed by atoms with van der Waals surface area (Å²) in [7, 11) is -3.71. The van der Waals surface area contributed by atoms with Crippen molar-refractivity contribution in [3.63, 3.8) is 0 Å². The highest BCUT2D eigenvalue weighted by atomic mass is 32.2. The van der Waals surface area contributed by atoms with E-state index < -0.39 is 15.9 Å². The molecule has 0 bridgehead atoms. The van der Waals surface area contributed by atoms with Gasteiger partial charge in [-0.3, -0.25) is 4.79 Å². The zero-order chi connectivity index (χ0) is 18.6. The summed E-state index contributed by atoms with van der Waals surface area (Å²) < 4.78 is 32.9. The summed E-state index contributed by atoms with van der Waals surface area (Å²) in [5.74, 6) is -0.000886. The quantitative estimate of drug-likeness (QED) is 0.806. The molecule has 1 aliphatic rings. The number of aromatic nitrogens is 1. The molecule has 3 rings (SSSR count). The largest absolute Gasteiger partial charge is 0.377 e. The summed E-state index contributed by atoms with van der Waals surface area (Å²) in [6, 6.07) is 11.2. The van der Waals surface area contributed by atoms with Crippen LogP contribution in [0.15, 0.2) is 47.4 Å². The third-order valence-electron chi connectivity index (χ3n) is 4.06. The van der Waals surface area contributed by atoms with Crippen LogP contribution in [0.2, 0.25) is 0 Å². The van der Waals surface area contributed by atoms with Crippen molar-refractivity contribution in [1.29, 1.82) is 0 Å². The lowest BCUT2D eigenvalue weighted by molar-refractivity contribution is 0.102. The maximum Gasteiger partial charge on any atom is 0.256 e. The van der Waals surface area contributed by atoms with Crippen molar-refractivity contribution in [3.8, 4) is 0 Å². The Hall–Kier alpha value is -2.29. The van der Waals surface area contributed by atoms with Gasteiger partial charge in [0.1, 0.15) is 5.82 Å². The Labute approximate surface area is 152 Å². The number of carbonyl (C=O) groups excluding carboxylic acids is 1. The number of aryl methyl sites for hydroxylation is 1. The van der Waals surface area contributed by atoms with Crippen LogP contribution < -0.4 is 10.0 Å². The fraction of sp³-hybridized carbons (Fsp3) is 0.333. The van der Waals surface area contributed by atoms with E-state index in [1.165, 1.54) is 12.1 Å². The number of nitrogens with one attached hydrogen (secondary N) is 2. The van der Waals surface area contributed by atoms with Gasteiger partial charge in [0.25, 0.3) is 5.91 Å². The molecule has 0 spiro atoms. The fourth-order valence-electron chi connectivity index (χ4n) is 2.70. The highest BCUT2D eigenvalue weighted by molar-refractivity contribution is 7.89. The number of ether oxygens (including phenoxy) is 1. The molecule has 1 aliphatic heterocycles. The summed E-state index contributed by atoms with van der Waals surface area (Å²) >= 11 is 0. The number of carbonyl (C=O) groups is 1. The molecule has 8 heteroatoms. The summed E-state index contributed by atoms with van der Waals surface area (Å²) in [6.45, 7) is 2.71. The third kappa shape index (κ3) is 4.66. The first-order chi connectivity index (χ1) is 12.4. The minimum atomic E-state index is -3.71. The lowest BCUT2D eigenvalue weighted by Gasteiger charge is -2.12. The van der Waals surface area contributed by atoms with Crippen LogP contribution in [0.5, 0.6) is 0 Å². The van der Waals surface area contributed by atoms with Crippen LogP contribution in [-0.2, 0) is 14.8 Å². The zero-order valence-electron chi connectivity index (χ0n) is 14.4. The summed E-state index contributed by atoms with van der Waals surface area (Å²) in [4.78, 5) is 16.6. The zero-order valence-corrected chi connectivity index (χ0v) is 15.3. The second kappa shape index (κ2) is 7.94. The second-order valence-electron chi connectivity index (χ2n) is 6.13. The smallest absolute Gasteiger partial charge is 0.256 e. The highest BCUT2D eigenvalue weighted by Crippen LogP contribution is 2.15. The molecular formula is C18H21N3O4S. The standard InChI is InChI=1S/C18H21N3O4S/c1-13-5-2-9-17(20-13)21-18(22)14-6-3-8-16(11-14)26(23,24)19-12-15-7-4-10-25-15/h2-3,5-6,8-9,11,15,19H,4,7,10,12H2,1H3,(H,20,21,22)/t15-/m1/s1. The van der Waals surface area contributed by atoms with Gasteiger partial charge < -0.3 is 10.1 Å². The Bertz CT molecular complexity index is 893. The monoisotopic (exact) mass is 375 g/mol. The number of rotatable bonds is 6. The molecule has 138 valence electrons. The van der Waals surface area contributed by atoms with E-state index in [1.54, 1.807) is 24.3 Å². The molecule has 1 aromatic carbocycles. The molecule has 2 heterocycles. The van der Waals surface area contributed by atoms with Crippen molar-refractivity contribution >= 4 is 21.7 Å². The van der Waals surface area contributed by atoms with Crippen LogP contribution >= 0.6 is 0 Å². The molecule has 1 saturated heterocycles. The number of amides is 1.